The number of aliphatic hydroxyl groups is 1. The van der Waals surface area contributed by atoms with Crippen LogP contribution in [0.25, 0.3) is 0 Å². The second-order valence-corrected chi connectivity index (χ2v) is 5.18. The highest BCUT2D eigenvalue weighted by molar-refractivity contribution is 5.85. The maximum absolute atomic E-state index is 9.70. The van der Waals surface area contributed by atoms with Crippen LogP contribution in [0.1, 0.15) is 19.3 Å². The molecule has 4 rings (SSSR count). The van der Waals surface area contributed by atoms with Crippen LogP contribution in [0.15, 0.2) is 0 Å². The highest BCUT2D eigenvalue weighted by Crippen LogP contribution is 2.41. The third kappa shape index (κ3) is 2.49. The molecule has 3 saturated heterocycles. The van der Waals surface area contributed by atoms with Crippen LogP contribution < -0.4 is 5.32 Å². The molecule has 3 nitrogen and oxygen atoms in total. The van der Waals surface area contributed by atoms with Gasteiger partial charge in [-0.05, 0) is 44.2 Å². The van der Waals surface area contributed by atoms with Crippen molar-refractivity contribution in [1.29, 1.82) is 0 Å². The van der Waals surface area contributed by atoms with Crippen molar-refractivity contribution in [3.63, 3.8) is 0 Å². The zero-order chi connectivity index (χ0) is 9.54. The van der Waals surface area contributed by atoms with Crippen molar-refractivity contribution < 1.29 is 5.11 Å². The molecule has 96 valence electrons. The van der Waals surface area contributed by atoms with Gasteiger partial charge in [-0.25, -0.2) is 0 Å². The van der Waals surface area contributed by atoms with Gasteiger partial charge in [0.05, 0.1) is 6.10 Å². The van der Waals surface area contributed by atoms with Crippen molar-refractivity contribution in [2.75, 3.05) is 26.2 Å². The van der Waals surface area contributed by atoms with Crippen LogP contribution in [-0.4, -0.2) is 48.3 Å². The molecule has 0 aromatic carbocycles. The summed E-state index contributed by atoms with van der Waals surface area (Å²) in [6, 6.07) is 0.800. The minimum absolute atomic E-state index is 0. The van der Waals surface area contributed by atoms with E-state index in [0.29, 0.717) is 11.8 Å². The van der Waals surface area contributed by atoms with Gasteiger partial charge in [0.25, 0.3) is 0 Å². The van der Waals surface area contributed by atoms with Crippen LogP contribution in [-0.2, 0) is 0 Å². The molecule has 1 saturated carbocycles. The molecule has 0 aromatic rings. The van der Waals surface area contributed by atoms with Crippen LogP contribution in [0.5, 0.6) is 0 Å². The Morgan fingerprint density at radius 1 is 1.00 bits per heavy atom. The Labute approximate surface area is 110 Å². The monoisotopic (exact) mass is 268 g/mol. The standard InChI is InChI=1S/C11H20N2O.2ClH/c14-11-8-5-9(11)7-13(6-8)10-1-3-12-4-2-10;;/h8-12,14H,1-7H2;2*1H/t8-,9+,11?;;. The Balaban J connectivity index is 0.000000640. The van der Waals surface area contributed by atoms with Gasteiger partial charge in [-0.2, -0.15) is 0 Å². The van der Waals surface area contributed by atoms with Crippen LogP contribution >= 0.6 is 24.8 Å². The highest BCUT2D eigenvalue weighted by Gasteiger charge is 2.46. The first-order valence-corrected chi connectivity index (χ1v) is 5.97. The van der Waals surface area contributed by atoms with Crippen molar-refractivity contribution in [3.8, 4) is 0 Å². The fourth-order valence-electron chi connectivity index (χ4n) is 3.37. The number of piperidine rings is 3. The highest BCUT2D eigenvalue weighted by atomic mass is 35.5. The molecular formula is C11H22Cl2N2O. The number of aliphatic hydroxyl groups excluding tert-OH is 1. The Bertz CT molecular complexity index is 212. The molecule has 16 heavy (non-hydrogen) atoms. The van der Waals surface area contributed by atoms with Crippen molar-refractivity contribution in [3.05, 3.63) is 0 Å². The first-order valence-electron chi connectivity index (χ1n) is 5.97. The first-order chi connectivity index (χ1) is 6.84. The molecule has 0 radical (unpaired) electrons. The van der Waals surface area contributed by atoms with Crippen LogP contribution in [0.2, 0.25) is 0 Å². The van der Waals surface area contributed by atoms with E-state index >= 15 is 0 Å². The van der Waals surface area contributed by atoms with E-state index in [2.05, 4.69) is 10.2 Å². The first kappa shape index (κ1) is 14.5. The molecule has 5 heteroatoms. The maximum atomic E-state index is 9.70. The van der Waals surface area contributed by atoms with Crippen molar-refractivity contribution in [1.82, 2.24) is 10.2 Å². The molecule has 1 aliphatic carbocycles. The number of halogens is 2. The van der Waals surface area contributed by atoms with Gasteiger partial charge in [-0.15, -0.1) is 24.8 Å². The van der Waals surface area contributed by atoms with Crippen LogP contribution in [0.4, 0.5) is 0 Å². The lowest BCUT2D eigenvalue weighted by atomic mass is 9.67. The van der Waals surface area contributed by atoms with Crippen molar-refractivity contribution in [2.24, 2.45) is 11.8 Å². The van der Waals surface area contributed by atoms with Gasteiger partial charge < -0.3 is 10.4 Å². The van der Waals surface area contributed by atoms with Gasteiger partial charge in [0, 0.05) is 19.1 Å². The van der Waals surface area contributed by atoms with Crippen LogP contribution in [0.3, 0.4) is 0 Å². The van der Waals surface area contributed by atoms with Gasteiger partial charge >= 0.3 is 0 Å². The average Bonchev–Trinajstić information content (AvgIpc) is 2.30. The summed E-state index contributed by atoms with van der Waals surface area (Å²) in [5, 5.41) is 13.1. The van der Waals surface area contributed by atoms with Crippen molar-refractivity contribution >= 4 is 24.8 Å². The third-order valence-corrected chi connectivity index (χ3v) is 4.33. The second kappa shape index (κ2) is 5.87. The Hall–Kier alpha value is 0.460. The largest absolute Gasteiger partial charge is 0.392 e. The van der Waals surface area contributed by atoms with Crippen molar-refractivity contribution in [2.45, 2.75) is 31.4 Å². The van der Waals surface area contributed by atoms with Gasteiger partial charge in [-0.1, -0.05) is 0 Å². The summed E-state index contributed by atoms with van der Waals surface area (Å²) in [6.07, 6.45) is 3.92. The summed E-state index contributed by atoms with van der Waals surface area (Å²) >= 11 is 0. The average molecular weight is 269 g/mol. The van der Waals surface area contributed by atoms with E-state index < -0.39 is 0 Å². The number of nitrogens with zero attached hydrogens (tertiary/aromatic N) is 1. The lowest BCUT2D eigenvalue weighted by Crippen LogP contribution is -2.61. The Morgan fingerprint density at radius 2 is 1.56 bits per heavy atom. The summed E-state index contributed by atoms with van der Waals surface area (Å²) in [6.45, 7) is 4.67. The molecule has 4 fully saturated rings. The predicted octanol–water partition coefficient (Wildman–Crippen LogP) is 0.895. The lowest BCUT2D eigenvalue weighted by molar-refractivity contribution is -0.119. The topological polar surface area (TPSA) is 35.5 Å². The van der Waals surface area contributed by atoms with E-state index in [9.17, 15) is 5.11 Å². The number of hydrogen-bond acceptors (Lipinski definition) is 3. The summed E-state index contributed by atoms with van der Waals surface area (Å²) in [7, 11) is 0. The quantitative estimate of drug-likeness (QED) is 0.742. The number of nitrogens with one attached hydrogen (secondary N) is 1. The van der Waals surface area contributed by atoms with E-state index in [1.165, 1.54) is 32.4 Å². The lowest BCUT2D eigenvalue weighted by Gasteiger charge is -2.53. The molecular weight excluding hydrogens is 247 g/mol. The summed E-state index contributed by atoms with van der Waals surface area (Å²) < 4.78 is 0. The predicted molar refractivity (Wildman–Crippen MR) is 69.6 cm³/mol. The summed E-state index contributed by atoms with van der Waals surface area (Å²) in [5.41, 5.74) is 0. The molecule has 0 aromatic heterocycles. The molecule has 4 aliphatic rings. The summed E-state index contributed by atoms with van der Waals surface area (Å²) in [4.78, 5) is 2.63. The zero-order valence-corrected chi connectivity index (χ0v) is 11.1. The van der Waals surface area contributed by atoms with Gasteiger partial charge in [0.15, 0.2) is 0 Å². The van der Waals surface area contributed by atoms with E-state index in [1.807, 2.05) is 0 Å². The van der Waals surface area contributed by atoms with Gasteiger partial charge in [0.2, 0.25) is 0 Å². The van der Waals surface area contributed by atoms with E-state index in [4.69, 9.17) is 0 Å². The smallest absolute Gasteiger partial charge is 0.0621 e. The SMILES string of the molecule is Cl.Cl.OC1[C@@H]2C[C@H]1CN(C1CCNCC1)C2. The van der Waals surface area contributed by atoms with Gasteiger partial charge in [-0.3, -0.25) is 4.90 Å². The molecule has 3 atom stereocenters. The third-order valence-electron chi connectivity index (χ3n) is 4.33. The van der Waals surface area contributed by atoms with Crippen LogP contribution in [0, 0.1) is 11.8 Å². The molecule has 2 N–H and O–H groups in total. The molecule has 0 amide bonds. The number of fused-ring (bicyclic) bond motifs is 2. The number of rotatable bonds is 1. The Morgan fingerprint density at radius 3 is 2.06 bits per heavy atom. The minimum atomic E-state index is 0. The Kier molecular flexibility index (Phi) is 5.33. The molecule has 1 unspecified atom stereocenters. The zero-order valence-electron chi connectivity index (χ0n) is 9.47. The van der Waals surface area contributed by atoms with E-state index in [1.54, 1.807) is 0 Å². The normalized spacial score (nSPS) is 39.2. The van der Waals surface area contributed by atoms with E-state index in [0.717, 1.165) is 19.1 Å². The molecule has 3 heterocycles. The fourth-order valence-corrected chi connectivity index (χ4v) is 3.37. The number of hydrogen-bond donors (Lipinski definition) is 2. The van der Waals surface area contributed by atoms with Gasteiger partial charge in [0.1, 0.15) is 0 Å². The molecule has 2 bridgehead atoms. The van der Waals surface area contributed by atoms with E-state index in [-0.39, 0.29) is 30.9 Å². The summed E-state index contributed by atoms with van der Waals surface area (Å²) in [5.74, 6) is 1.20. The fraction of sp³-hybridized carbons (Fsp3) is 1.00. The minimum Gasteiger partial charge on any atom is -0.392 e. The molecule has 3 aliphatic heterocycles. The maximum Gasteiger partial charge on any atom is 0.0621 e. The second-order valence-electron chi connectivity index (χ2n) is 5.18. The molecule has 0 spiro atoms.